The number of pyridine rings is 1. The van der Waals surface area contributed by atoms with Crippen LogP contribution >= 0.6 is 0 Å². The molecule has 0 aromatic carbocycles. The fraction of sp³-hybridized carbons (Fsp3) is 0.100. The lowest BCUT2D eigenvalue weighted by atomic mass is 10.3. The van der Waals surface area contributed by atoms with Crippen molar-refractivity contribution in [2.45, 2.75) is 6.92 Å². The van der Waals surface area contributed by atoms with Gasteiger partial charge in [-0.15, -0.1) is 5.10 Å². The Labute approximate surface area is 91.3 Å². The van der Waals surface area contributed by atoms with E-state index >= 15 is 0 Å². The summed E-state index contributed by atoms with van der Waals surface area (Å²) in [7, 11) is 0. The number of fused-ring (bicyclic) bond motifs is 1. The van der Waals surface area contributed by atoms with E-state index in [1.807, 2.05) is 31.5 Å². The summed E-state index contributed by atoms with van der Waals surface area (Å²) in [5, 5.41) is 8.25. The normalized spacial score (nSPS) is 11.1. The Bertz CT molecular complexity index is 637. The van der Waals surface area contributed by atoms with Gasteiger partial charge in [0.2, 0.25) is 5.95 Å². The highest BCUT2D eigenvalue weighted by atomic mass is 15.3. The van der Waals surface area contributed by atoms with E-state index in [0.717, 1.165) is 16.9 Å². The van der Waals surface area contributed by atoms with Gasteiger partial charge in [0, 0.05) is 12.4 Å². The minimum atomic E-state index is 0.278. The summed E-state index contributed by atoms with van der Waals surface area (Å²) in [5.74, 6) is 0.278. The van der Waals surface area contributed by atoms with Gasteiger partial charge in [-0.3, -0.25) is 0 Å². The molecule has 6 nitrogen and oxygen atoms in total. The number of anilines is 1. The molecule has 0 radical (unpaired) electrons. The molecule has 6 heteroatoms. The predicted octanol–water partition coefficient (Wildman–Crippen LogP) is 0.806. The molecule has 0 spiro atoms. The highest BCUT2D eigenvalue weighted by Crippen LogP contribution is 2.14. The summed E-state index contributed by atoms with van der Waals surface area (Å²) in [4.78, 5) is 4.14. The molecular weight excluding hydrogens is 204 g/mol. The van der Waals surface area contributed by atoms with E-state index < -0.39 is 0 Å². The summed E-state index contributed by atoms with van der Waals surface area (Å²) < 4.78 is 3.44. The third-order valence-electron chi connectivity index (χ3n) is 2.39. The van der Waals surface area contributed by atoms with Crippen molar-refractivity contribution in [1.29, 1.82) is 0 Å². The Morgan fingerprint density at radius 2 is 2.25 bits per heavy atom. The van der Waals surface area contributed by atoms with Crippen LogP contribution in [0, 0.1) is 6.92 Å². The number of rotatable bonds is 1. The fourth-order valence-corrected chi connectivity index (χ4v) is 1.69. The van der Waals surface area contributed by atoms with Crippen LogP contribution in [0.2, 0.25) is 0 Å². The van der Waals surface area contributed by atoms with Crippen LogP contribution in [0.1, 0.15) is 5.56 Å². The topological polar surface area (TPSA) is 74.0 Å². The predicted molar refractivity (Wildman–Crippen MR) is 59.3 cm³/mol. The van der Waals surface area contributed by atoms with E-state index in [-0.39, 0.29) is 5.95 Å². The molecule has 0 bridgehead atoms. The first-order chi connectivity index (χ1) is 7.74. The van der Waals surface area contributed by atoms with Gasteiger partial charge in [0.15, 0.2) is 5.65 Å². The molecule has 0 atom stereocenters. The lowest BCUT2D eigenvalue weighted by molar-refractivity contribution is 0.851. The van der Waals surface area contributed by atoms with Crippen LogP contribution in [0.5, 0.6) is 0 Å². The Kier molecular flexibility index (Phi) is 1.70. The molecule has 2 N–H and O–H groups in total. The van der Waals surface area contributed by atoms with Crippen molar-refractivity contribution in [3.63, 3.8) is 0 Å². The molecule has 80 valence electrons. The molecule has 0 aliphatic carbocycles. The minimum Gasteiger partial charge on any atom is -0.366 e. The lowest BCUT2D eigenvalue weighted by Gasteiger charge is -2.03. The number of nitrogens with two attached hydrogens (primary N) is 1. The van der Waals surface area contributed by atoms with E-state index in [0.29, 0.717) is 0 Å². The highest BCUT2D eigenvalue weighted by molar-refractivity contribution is 5.53. The SMILES string of the molecule is Cc1cc(-n2cccn2)cn2nc(N)nc12. The van der Waals surface area contributed by atoms with Crippen LogP contribution in [0.4, 0.5) is 5.95 Å². The van der Waals surface area contributed by atoms with Gasteiger partial charge in [-0.1, -0.05) is 0 Å². The third-order valence-corrected chi connectivity index (χ3v) is 2.39. The quantitative estimate of drug-likeness (QED) is 0.650. The Hall–Kier alpha value is -2.37. The second kappa shape index (κ2) is 3.06. The van der Waals surface area contributed by atoms with E-state index in [1.165, 1.54) is 0 Å². The number of aromatic nitrogens is 5. The third kappa shape index (κ3) is 1.23. The molecule has 0 unspecified atom stereocenters. The molecule has 16 heavy (non-hydrogen) atoms. The van der Waals surface area contributed by atoms with Crippen LogP contribution in [0.25, 0.3) is 11.3 Å². The zero-order valence-corrected chi connectivity index (χ0v) is 8.70. The first-order valence-electron chi connectivity index (χ1n) is 4.86. The fourth-order valence-electron chi connectivity index (χ4n) is 1.69. The monoisotopic (exact) mass is 214 g/mol. The van der Waals surface area contributed by atoms with Gasteiger partial charge < -0.3 is 5.73 Å². The van der Waals surface area contributed by atoms with Crippen LogP contribution in [0.15, 0.2) is 30.7 Å². The maximum absolute atomic E-state index is 5.56. The summed E-state index contributed by atoms with van der Waals surface area (Å²) in [6.45, 7) is 1.97. The van der Waals surface area contributed by atoms with E-state index in [1.54, 1.807) is 15.4 Å². The smallest absolute Gasteiger partial charge is 0.240 e. The highest BCUT2D eigenvalue weighted by Gasteiger charge is 2.06. The average molecular weight is 214 g/mol. The Balaban J connectivity index is 2.28. The average Bonchev–Trinajstić information content (AvgIpc) is 2.84. The van der Waals surface area contributed by atoms with E-state index in [2.05, 4.69) is 15.2 Å². The van der Waals surface area contributed by atoms with Crippen molar-refractivity contribution < 1.29 is 0 Å². The van der Waals surface area contributed by atoms with Crippen molar-refractivity contribution in [3.05, 3.63) is 36.3 Å². The molecule has 0 aliphatic heterocycles. The molecule has 0 fully saturated rings. The summed E-state index contributed by atoms with van der Waals surface area (Å²) in [6.07, 6.45) is 5.45. The number of nitrogens with zero attached hydrogens (tertiary/aromatic N) is 5. The van der Waals surface area contributed by atoms with Gasteiger partial charge >= 0.3 is 0 Å². The standard InChI is InChI=1S/C10H10N6/c1-7-5-8(15-4-2-3-12-15)6-16-9(7)13-10(11)14-16/h2-6H,1H3,(H2,11,14). The van der Waals surface area contributed by atoms with E-state index in [4.69, 9.17) is 5.73 Å². The number of nitrogen functional groups attached to an aromatic ring is 1. The Morgan fingerprint density at radius 1 is 1.38 bits per heavy atom. The van der Waals surface area contributed by atoms with Crippen LogP contribution in [-0.4, -0.2) is 24.4 Å². The van der Waals surface area contributed by atoms with Gasteiger partial charge in [-0.05, 0) is 24.6 Å². The molecule has 3 aromatic heterocycles. The molecular formula is C10H10N6. The molecule has 3 aromatic rings. The van der Waals surface area contributed by atoms with Crippen molar-refractivity contribution in [3.8, 4) is 5.69 Å². The summed E-state index contributed by atoms with van der Waals surface area (Å²) in [6, 6.07) is 3.87. The first-order valence-corrected chi connectivity index (χ1v) is 4.86. The van der Waals surface area contributed by atoms with Gasteiger partial charge in [-0.2, -0.15) is 10.1 Å². The molecule has 0 saturated heterocycles. The number of hydrogen-bond donors (Lipinski definition) is 1. The second-order valence-corrected chi connectivity index (χ2v) is 3.57. The van der Waals surface area contributed by atoms with Crippen molar-refractivity contribution >= 4 is 11.6 Å². The molecule has 3 rings (SSSR count). The van der Waals surface area contributed by atoms with Gasteiger partial charge in [-0.25, -0.2) is 9.20 Å². The van der Waals surface area contributed by atoms with Crippen molar-refractivity contribution in [2.75, 3.05) is 5.73 Å². The van der Waals surface area contributed by atoms with E-state index in [9.17, 15) is 0 Å². The minimum absolute atomic E-state index is 0.278. The zero-order chi connectivity index (χ0) is 11.1. The Morgan fingerprint density at radius 3 is 3.00 bits per heavy atom. The lowest BCUT2D eigenvalue weighted by Crippen LogP contribution is -1.99. The molecule has 0 amide bonds. The maximum atomic E-state index is 5.56. The van der Waals surface area contributed by atoms with Crippen LogP contribution in [-0.2, 0) is 0 Å². The van der Waals surface area contributed by atoms with Gasteiger partial charge in [0.25, 0.3) is 0 Å². The van der Waals surface area contributed by atoms with Crippen LogP contribution < -0.4 is 5.73 Å². The summed E-state index contributed by atoms with van der Waals surface area (Å²) >= 11 is 0. The van der Waals surface area contributed by atoms with Gasteiger partial charge in [0.1, 0.15) is 0 Å². The van der Waals surface area contributed by atoms with Gasteiger partial charge in [0.05, 0.1) is 11.9 Å². The number of hydrogen-bond acceptors (Lipinski definition) is 4. The first kappa shape index (κ1) is 8.90. The zero-order valence-electron chi connectivity index (χ0n) is 8.70. The largest absolute Gasteiger partial charge is 0.366 e. The molecule has 0 aliphatic rings. The number of aryl methyl sites for hydroxylation is 1. The van der Waals surface area contributed by atoms with Crippen LogP contribution in [0.3, 0.4) is 0 Å². The molecule has 0 saturated carbocycles. The second-order valence-electron chi connectivity index (χ2n) is 3.57. The van der Waals surface area contributed by atoms with Crippen molar-refractivity contribution in [2.24, 2.45) is 0 Å². The summed E-state index contributed by atoms with van der Waals surface area (Å²) in [5.41, 5.74) is 8.28. The molecule has 3 heterocycles. The van der Waals surface area contributed by atoms with Crippen molar-refractivity contribution in [1.82, 2.24) is 24.4 Å². The maximum Gasteiger partial charge on any atom is 0.240 e.